The Kier molecular flexibility index (Phi) is 4.48. The molecule has 2 atom stereocenters. The molecule has 8 heteroatoms. The van der Waals surface area contributed by atoms with Gasteiger partial charge in [0.25, 0.3) is 0 Å². The average molecular weight is 323 g/mol. The van der Waals surface area contributed by atoms with E-state index in [1.165, 1.54) is 12.1 Å². The SMILES string of the molecule is NC(c1cccc(OC(F)(F)F)c1)C1CCCCS1(=O)=O. The van der Waals surface area contributed by atoms with Gasteiger partial charge < -0.3 is 10.5 Å². The smallest absolute Gasteiger partial charge is 0.406 e. The lowest BCUT2D eigenvalue weighted by atomic mass is 10.00. The molecule has 0 amide bonds. The second kappa shape index (κ2) is 5.84. The molecule has 0 aliphatic carbocycles. The number of hydrogen-bond acceptors (Lipinski definition) is 4. The Labute approximate surface area is 121 Å². The molecule has 0 saturated carbocycles. The van der Waals surface area contributed by atoms with Crippen LogP contribution >= 0.6 is 0 Å². The van der Waals surface area contributed by atoms with Crippen molar-refractivity contribution in [3.8, 4) is 5.75 Å². The van der Waals surface area contributed by atoms with E-state index in [9.17, 15) is 21.6 Å². The first-order chi connectivity index (χ1) is 9.69. The fraction of sp³-hybridized carbons (Fsp3) is 0.538. The van der Waals surface area contributed by atoms with Crippen molar-refractivity contribution in [1.29, 1.82) is 0 Å². The van der Waals surface area contributed by atoms with E-state index in [0.717, 1.165) is 18.6 Å². The second-order valence-corrected chi connectivity index (χ2v) is 7.39. The third-order valence-electron chi connectivity index (χ3n) is 3.51. The predicted octanol–water partition coefficient (Wildman–Crippen LogP) is 2.55. The summed E-state index contributed by atoms with van der Waals surface area (Å²) >= 11 is 0. The van der Waals surface area contributed by atoms with Gasteiger partial charge in [0, 0.05) is 6.04 Å². The first kappa shape index (κ1) is 16.1. The van der Waals surface area contributed by atoms with Gasteiger partial charge in [0.05, 0.1) is 11.0 Å². The number of halogens is 3. The molecule has 0 bridgehead atoms. The molecule has 118 valence electrons. The van der Waals surface area contributed by atoms with Crippen molar-refractivity contribution >= 4 is 9.84 Å². The van der Waals surface area contributed by atoms with Gasteiger partial charge in [-0.25, -0.2) is 8.42 Å². The molecule has 2 rings (SSSR count). The van der Waals surface area contributed by atoms with Crippen molar-refractivity contribution < 1.29 is 26.3 Å². The number of benzene rings is 1. The van der Waals surface area contributed by atoms with Gasteiger partial charge in [0.2, 0.25) is 0 Å². The number of ether oxygens (including phenoxy) is 1. The summed E-state index contributed by atoms with van der Waals surface area (Å²) in [6.07, 6.45) is -3.02. The molecule has 1 aliphatic heterocycles. The van der Waals surface area contributed by atoms with Crippen molar-refractivity contribution in [3.63, 3.8) is 0 Å². The molecule has 1 saturated heterocycles. The van der Waals surface area contributed by atoms with Crippen LogP contribution in [0.25, 0.3) is 0 Å². The molecular weight excluding hydrogens is 307 g/mol. The summed E-state index contributed by atoms with van der Waals surface area (Å²) in [5.41, 5.74) is 6.29. The van der Waals surface area contributed by atoms with Gasteiger partial charge in [0.1, 0.15) is 5.75 Å². The Balaban J connectivity index is 2.23. The molecule has 1 heterocycles. The van der Waals surface area contributed by atoms with Crippen LogP contribution in [-0.4, -0.2) is 25.8 Å². The molecule has 0 radical (unpaired) electrons. The van der Waals surface area contributed by atoms with Gasteiger partial charge in [-0.3, -0.25) is 0 Å². The average Bonchev–Trinajstić information content (AvgIpc) is 2.36. The Morgan fingerprint density at radius 2 is 2.00 bits per heavy atom. The standard InChI is InChI=1S/C13H16F3NO3S/c14-13(15,16)20-10-5-3-4-9(8-10)12(17)11-6-1-2-7-21(11,18)19/h3-5,8,11-12H,1-2,6-7,17H2. The summed E-state index contributed by atoms with van der Waals surface area (Å²) in [7, 11) is -3.31. The van der Waals surface area contributed by atoms with Crippen molar-refractivity contribution in [1.82, 2.24) is 0 Å². The van der Waals surface area contributed by atoms with Crippen LogP contribution in [0.3, 0.4) is 0 Å². The van der Waals surface area contributed by atoms with Crippen molar-refractivity contribution in [2.24, 2.45) is 5.73 Å². The van der Waals surface area contributed by atoms with Crippen LogP contribution in [0.5, 0.6) is 5.75 Å². The molecule has 2 N–H and O–H groups in total. The minimum absolute atomic E-state index is 0.0735. The molecule has 0 aromatic heterocycles. The molecule has 4 nitrogen and oxygen atoms in total. The molecular formula is C13H16F3NO3S. The van der Waals surface area contributed by atoms with E-state index in [1.807, 2.05) is 0 Å². The Bertz CT molecular complexity index is 601. The van der Waals surface area contributed by atoms with Crippen LogP contribution in [0.15, 0.2) is 24.3 Å². The van der Waals surface area contributed by atoms with E-state index in [4.69, 9.17) is 5.73 Å². The maximum absolute atomic E-state index is 12.2. The quantitative estimate of drug-likeness (QED) is 0.928. The lowest BCUT2D eigenvalue weighted by molar-refractivity contribution is -0.274. The minimum atomic E-state index is -4.79. The van der Waals surface area contributed by atoms with Gasteiger partial charge in [-0.15, -0.1) is 13.2 Å². The van der Waals surface area contributed by atoms with Gasteiger partial charge in [0.15, 0.2) is 9.84 Å². The molecule has 1 fully saturated rings. The molecule has 21 heavy (non-hydrogen) atoms. The zero-order valence-corrected chi connectivity index (χ0v) is 12.0. The van der Waals surface area contributed by atoms with Crippen molar-refractivity contribution in [2.45, 2.75) is 36.9 Å². The molecule has 0 spiro atoms. The van der Waals surface area contributed by atoms with E-state index < -0.39 is 33.2 Å². The second-order valence-electron chi connectivity index (χ2n) is 5.05. The van der Waals surface area contributed by atoms with Crippen molar-refractivity contribution in [2.75, 3.05) is 5.75 Å². The van der Waals surface area contributed by atoms with E-state index in [1.54, 1.807) is 0 Å². The number of hydrogen-bond donors (Lipinski definition) is 1. The van der Waals surface area contributed by atoms with Crippen LogP contribution in [0.1, 0.15) is 30.9 Å². The van der Waals surface area contributed by atoms with Gasteiger partial charge in [-0.2, -0.15) is 0 Å². The van der Waals surface area contributed by atoms with Crippen LogP contribution in [-0.2, 0) is 9.84 Å². The largest absolute Gasteiger partial charge is 0.573 e. The van der Waals surface area contributed by atoms with Crippen LogP contribution in [0.4, 0.5) is 13.2 Å². The molecule has 2 unspecified atom stereocenters. The maximum Gasteiger partial charge on any atom is 0.573 e. The highest BCUT2D eigenvalue weighted by Crippen LogP contribution is 2.31. The first-order valence-corrected chi connectivity index (χ1v) is 8.23. The zero-order chi connectivity index (χ0) is 15.7. The van der Waals surface area contributed by atoms with Crippen LogP contribution in [0.2, 0.25) is 0 Å². The topological polar surface area (TPSA) is 69.4 Å². The van der Waals surface area contributed by atoms with Gasteiger partial charge in [-0.1, -0.05) is 18.6 Å². The van der Waals surface area contributed by atoms with E-state index in [-0.39, 0.29) is 5.75 Å². The summed E-state index contributed by atoms with van der Waals surface area (Å²) in [6, 6.07) is 4.32. The molecule has 1 aliphatic rings. The monoisotopic (exact) mass is 323 g/mol. The summed E-state index contributed by atoms with van der Waals surface area (Å²) in [6.45, 7) is 0. The number of nitrogens with two attached hydrogens (primary N) is 1. The third kappa shape index (κ3) is 4.10. The predicted molar refractivity (Wildman–Crippen MR) is 71.5 cm³/mol. The van der Waals surface area contributed by atoms with E-state index >= 15 is 0 Å². The highest BCUT2D eigenvalue weighted by atomic mass is 32.2. The third-order valence-corrected chi connectivity index (χ3v) is 5.82. The Morgan fingerprint density at radius 3 is 2.62 bits per heavy atom. The summed E-state index contributed by atoms with van der Waals surface area (Å²) < 4.78 is 64.5. The molecule has 1 aromatic carbocycles. The minimum Gasteiger partial charge on any atom is -0.406 e. The molecule has 1 aromatic rings. The van der Waals surface area contributed by atoms with E-state index in [0.29, 0.717) is 18.4 Å². The number of alkyl halides is 3. The fourth-order valence-electron chi connectivity index (χ4n) is 2.52. The van der Waals surface area contributed by atoms with Crippen LogP contribution in [0, 0.1) is 0 Å². The summed E-state index contributed by atoms with van der Waals surface area (Å²) in [5, 5.41) is -0.757. The summed E-state index contributed by atoms with van der Waals surface area (Å²) in [4.78, 5) is 0. The highest BCUT2D eigenvalue weighted by Gasteiger charge is 2.35. The normalized spacial score (nSPS) is 23.5. The zero-order valence-electron chi connectivity index (χ0n) is 11.1. The van der Waals surface area contributed by atoms with Crippen LogP contribution < -0.4 is 10.5 Å². The highest BCUT2D eigenvalue weighted by molar-refractivity contribution is 7.92. The lowest BCUT2D eigenvalue weighted by Crippen LogP contribution is -2.37. The summed E-state index contributed by atoms with van der Waals surface area (Å²) in [5.74, 6) is -0.326. The van der Waals surface area contributed by atoms with E-state index in [2.05, 4.69) is 4.74 Å². The maximum atomic E-state index is 12.2. The fourth-order valence-corrected chi connectivity index (χ4v) is 4.56. The van der Waals surface area contributed by atoms with Gasteiger partial charge in [-0.05, 0) is 30.5 Å². The first-order valence-electron chi connectivity index (χ1n) is 6.52. The lowest BCUT2D eigenvalue weighted by Gasteiger charge is -2.28. The number of sulfone groups is 1. The van der Waals surface area contributed by atoms with Gasteiger partial charge >= 0.3 is 6.36 Å². The number of rotatable bonds is 3. The van der Waals surface area contributed by atoms with Crippen molar-refractivity contribution in [3.05, 3.63) is 29.8 Å². The Hall–Kier alpha value is -1.28. The Morgan fingerprint density at radius 1 is 1.29 bits per heavy atom.